The maximum absolute atomic E-state index is 13.8. The van der Waals surface area contributed by atoms with Crippen molar-refractivity contribution in [2.45, 2.75) is 19.0 Å². The fourth-order valence-electron chi connectivity index (χ4n) is 4.15. The Morgan fingerprint density at radius 2 is 1.64 bits per heavy atom. The van der Waals surface area contributed by atoms with Crippen molar-refractivity contribution in [3.05, 3.63) is 94.8 Å². The van der Waals surface area contributed by atoms with Crippen LogP contribution in [0.4, 0.5) is 18.9 Å². The Bertz CT molecular complexity index is 1240. The largest absolute Gasteiger partial charge is 0.478 e. The van der Waals surface area contributed by atoms with E-state index in [2.05, 4.69) is 10.3 Å². The zero-order chi connectivity index (χ0) is 25.7. The Morgan fingerprint density at radius 3 is 2.36 bits per heavy atom. The van der Waals surface area contributed by atoms with Crippen LogP contribution >= 0.6 is 0 Å². The number of aryl methyl sites for hydroxylation is 2. The van der Waals surface area contributed by atoms with Crippen molar-refractivity contribution in [2.24, 2.45) is 0 Å². The van der Waals surface area contributed by atoms with Gasteiger partial charge < -0.3 is 10.4 Å². The van der Waals surface area contributed by atoms with Gasteiger partial charge in [0.25, 0.3) is 5.91 Å². The lowest BCUT2D eigenvalue weighted by Gasteiger charge is -2.38. The molecule has 0 radical (unpaired) electrons. The summed E-state index contributed by atoms with van der Waals surface area (Å²) in [6.07, 6.45) is -0.775. The summed E-state index contributed by atoms with van der Waals surface area (Å²) in [6, 6.07) is 13.4. The molecule has 0 atom stereocenters. The average molecular weight is 499 g/mol. The van der Waals surface area contributed by atoms with Crippen LogP contribution in [0.1, 0.15) is 37.4 Å². The van der Waals surface area contributed by atoms with E-state index in [0.717, 1.165) is 22.2 Å². The van der Waals surface area contributed by atoms with Crippen LogP contribution in [0, 0.1) is 0 Å². The number of piperazine rings is 1. The number of halogens is 3. The van der Waals surface area contributed by atoms with E-state index in [1.54, 1.807) is 35.5 Å². The number of alkyl halides is 3. The minimum Gasteiger partial charge on any atom is -0.478 e. The molecule has 1 amide bonds. The van der Waals surface area contributed by atoms with Gasteiger partial charge in [-0.2, -0.15) is 13.2 Å². The maximum atomic E-state index is 13.8. The summed E-state index contributed by atoms with van der Waals surface area (Å²) in [5, 5.41) is 15.1. The number of hydrazine groups is 1. The Kier molecular flexibility index (Phi) is 7.66. The second-order valence-corrected chi connectivity index (χ2v) is 8.42. The van der Waals surface area contributed by atoms with Crippen molar-refractivity contribution in [3.63, 3.8) is 0 Å². The van der Waals surface area contributed by atoms with E-state index in [4.69, 9.17) is 5.11 Å². The molecule has 0 unspecified atom stereocenters. The Balaban J connectivity index is 1.62. The molecule has 4 rings (SSSR count). The number of hydrogen-bond acceptors (Lipinski definition) is 5. The molecule has 3 aromatic rings. The fourth-order valence-corrected chi connectivity index (χ4v) is 4.15. The van der Waals surface area contributed by atoms with Gasteiger partial charge in [-0.05, 0) is 54.3 Å². The van der Waals surface area contributed by atoms with Crippen LogP contribution in [0.3, 0.4) is 0 Å². The highest BCUT2D eigenvalue weighted by Crippen LogP contribution is 2.37. The summed E-state index contributed by atoms with van der Waals surface area (Å²) in [4.78, 5) is 28.8. The molecule has 1 aliphatic heterocycles. The molecule has 10 heteroatoms. The number of anilines is 1. The predicted octanol–water partition coefficient (Wildman–Crippen LogP) is 4.05. The van der Waals surface area contributed by atoms with Crippen LogP contribution < -0.4 is 10.3 Å². The predicted molar refractivity (Wildman–Crippen MR) is 128 cm³/mol. The molecule has 2 aromatic carbocycles. The number of carboxylic acid groups (broad SMARTS) is 1. The fraction of sp³-hybridized carbons (Fsp3) is 0.269. The van der Waals surface area contributed by atoms with Crippen LogP contribution in [0.2, 0.25) is 0 Å². The summed E-state index contributed by atoms with van der Waals surface area (Å²) in [6.45, 7) is 1.85. The molecular formula is C26H25F3N4O3. The number of nitrogens with one attached hydrogen (secondary N) is 1. The van der Waals surface area contributed by atoms with Crippen molar-refractivity contribution in [1.82, 2.24) is 15.3 Å². The smallest absolute Gasteiger partial charge is 0.418 e. The van der Waals surface area contributed by atoms with Gasteiger partial charge in [-0.25, -0.2) is 14.8 Å². The van der Waals surface area contributed by atoms with Crippen LogP contribution in [-0.2, 0) is 19.0 Å². The molecule has 1 aromatic heterocycles. The molecule has 7 nitrogen and oxygen atoms in total. The van der Waals surface area contributed by atoms with E-state index in [9.17, 15) is 22.8 Å². The number of carbonyl (C=O) groups is 2. The third kappa shape index (κ3) is 5.89. The van der Waals surface area contributed by atoms with E-state index in [0.29, 0.717) is 39.0 Å². The third-order valence-electron chi connectivity index (χ3n) is 5.92. The Labute approximate surface area is 206 Å². The molecular weight excluding hydrogens is 473 g/mol. The lowest BCUT2D eigenvalue weighted by Crippen LogP contribution is -2.55. The first-order valence-electron chi connectivity index (χ1n) is 11.5. The minimum atomic E-state index is -4.62. The van der Waals surface area contributed by atoms with E-state index in [1.807, 2.05) is 6.07 Å². The minimum absolute atomic E-state index is 0.0893. The summed E-state index contributed by atoms with van der Waals surface area (Å²) < 4.78 is 41.5. The van der Waals surface area contributed by atoms with Gasteiger partial charge in [0.2, 0.25) is 0 Å². The highest BCUT2D eigenvalue weighted by atomic mass is 19.4. The van der Waals surface area contributed by atoms with E-state index >= 15 is 0 Å². The average Bonchev–Trinajstić information content (AvgIpc) is 2.88. The molecule has 1 aliphatic rings. The highest BCUT2D eigenvalue weighted by Gasteiger charge is 2.38. The van der Waals surface area contributed by atoms with Gasteiger partial charge in [0.05, 0.1) is 16.8 Å². The second kappa shape index (κ2) is 10.9. The van der Waals surface area contributed by atoms with Crippen molar-refractivity contribution in [3.8, 4) is 0 Å². The SMILES string of the molecule is O=C(O)c1cncc(CCc2cccc(C(=O)N(c3ccccc3C(F)(F)F)N3CCNCC3)c2)c1. The van der Waals surface area contributed by atoms with Crippen molar-refractivity contribution < 1.29 is 27.9 Å². The number of nitrogens with zero attached hydrogens (tertiary/aromatic N) is 3. The number of pyridine rings is 1. The first kappa shape index (κ1) is 25.3. The van der Waals surface area contributed by atoms with Crippen LogP contribution in [0.15, 0.2) is 67.0 Å². The number of carbonyl (C=O) groups excluding carboxylic acids is 1. The first-order chi connectivity index (χ1) is 17.2. The number of para-hydroxylation sites is 1. The Morgan fingerprint density at radius 1 is 0.944 bits per heavy atom. The molecule has 188 valence electrons. The summed E-state index contributed by atoms with van der Waals surface area (Å²) >= 11 is 0. The summed E-state index contributed by atoms with van der Waals surface area (Å²) in [5.74, 6) is -1.62. The van der Waals surface area contributed by atoms with Gasteiger partial charge in [0, 0.05) is 44.1 Å². The number of aromatic nitrogens is 1. The first-order valence-corrected chi connectivity index (χ1v) is 11.5. The normalized spacial score (nSPS) is 14.4. The molecule has 0 saturated carbocycles. The topological polar surface area (TPSA) is 85.8 Å². The summed E-state index contributed by atoms with van der Waals surface area (Å²) in [5.41, 5.74) is 0.795. The zero-order valence-corrected chi connectivity index (χ0v) is 19.3. The zero-order valence-electron chi connectivity index (χ0n) is 19.3. The second-order valence-electron chi connectivity index (χ2n) is 8.42. The van der Waals surface area contributed by atoms with E-state index in [1.165, 1.54) is 24.4 Å². The van der Waals surface area contributed by atoms with Crippen molar-refractivity contribution in [2.75, 3.05) is 31.2 Å². The molecule has 0 spiro atoms. The monoisotopic (exact) mass is 498 g/mol. The van der Waals surface area contributed by atoms with Gasteiger partial charge in [-0.15, -0.1) is 0 Å². The summed E-state index contributed by atoms with van der Waals surface area (Å²) in [7, 11) is 0. The van der Waals surface area contributed by atoms with E-state index in [-0.39, 0.29) is 16.8 Å². The number of rotatable bonds is 7. The third-order valence-corrected chi connectivity index (χ3v) is 5.92. The molecule has 2 N–H and O–H groups in total. The van der Waals surface area contributed by atoms with Gasteiger partial charge >= 0.3 is 12.1 Å². The molecule has 2 heterocycles. The van der Waals surface area contributed by atoms with Gasteiger partial charge in [-0.1, -0.05) is 24.3 Å². The standard InChI is InChI=1S/C26H25F3N4O3/c27-26(28,29)22-6-1-2-7-23(22)33(32-12-10-30-11-13-32)24(34)20-5-3-4-18(14-20)8-9-19-15-21(25(35)36)17-31-16-19/h1-7,14-17,30H,8-13H2,(H,35,36). The quantitative estimate of drug-likeness (QED) is 0.511. The van der Waals surface area contributed by atoms with Gasteiger partial charge in [0.1, 0.15) is 0 Å². The molecule has 1 saturated heterocycles. The molecule has 1 fully saturated rings. The highest BCUT2D eigenvalue weighted by molar-refractivity contribution is 6.06. The Hall–Kier alpha value is -3.76. The van der Waals surface area contributed by atoms with Gasteiger partial charge in [-0.3, -0.25) is 9.78 Å². The van der Waals surface area contributed by atoms with Crippen LogP contribution in [0.25, 0.3) is 0 Å². The molecule has 0 aliphatic carbocycles. The van der Waals surface area contributed by atoms with Gasteiger partial charge in [0.15, 0.2) is 0 Å². The van der Waals surface area contributed by atoms with Crippen LogP contribution in [-0.4, -0.2) is 53.2 Å². The van der Waals surface area contributed by atoms with E-state index < -0.39 is 23.6 Å². The lowest BCUT2D eigenvalue weighted by molar-refractivity contribution is -0.137. The van der Waals surface area contributed by atoms with Crippen molar-refractivity contribution in [1.29, 1.82) is 0 Å². The number of carboxylic acids is 1. The number of hydrogen-bond donors (Lipinski definition) is 2. The molecule has 36 heavy (non-hydrogen) atoms. The number of aromatic carboxylic acids is 1. The lowest BCUT2D eigenvalue weighted by atomic mass is 10.0. The van der Waals surface area contributed by atoms with Crippen molar-refractivity contribution >= 4 is 17.6 Å². The van der Waals surface area contributed by atoms with Crippen LogP contribution in [0.5, 0.6) is 0 Å². The number of benzene rings is 2. The maximum Gasteiger partial charge on any atom is 0.418 e. The number of amides is 1. The molecule has 0 bridgehead atoms.